The Morgan fingerprint density at radius 2 is 2.12 bits per heavy atom. The highest BCUT2D eigenvalue weighted by Gasteiger charge is 2.25. The van der Waals surface area contributed by atoms with Gasteiger partial charge in [0.25, 0.3) is 0 Å². The minimum atomic E-state index is -0.273. The standard InChI is InChI=1S/C12H24N2O2/c1-3-12(13,4-2)9-14-11(15)10-7-5-6-8-16-10/h10H,3-9,13H2,1-2H3,(H,14,15). The normalized spacial score (nSPS) is 21.8. The SMILES string of the molecule is CCC(N)(CC)CNC(=O)C1CCCCO1. The molecular formula is C12H24N2O2. The fourth-order valence-corrected chi connectivity index (χ4v) is 1.82. The third kappa shape index (κ3) is 3.76. The first-order chi connectivity index (χ1) is 7.61. The number of nitrogens with two attached hydrogens (primary N) is 1. The second-order valence-electron chi connectivity index (χ2n) is 4.64. The molecule has 0 radical (unpaired) electrons. The first-order valence-corrected chi connectivity index (χ1v) is 6.29. The lowest BCUT2D eigenvalue weighted by Gasteiger charge is -2.28. The Morgan fingerprint density at radius 3 is 2.62 bits per heavy atom. The number of rotatable bonds is 5. The Morgan fingerprint density at radius 1 is 1.44 bits per heavy atom. The molecule has 1 fully saturated rings. The van der Waals surface area contributed by atoms with Crippen molar-refractivity contribution in [1.82, 2.24) is 5.32 Å². The van der Waals surface area contributed by atoms with Crippen molar-refractivity contribution < 1.29 is 9.53 Å². The number of carbonyl (C=O) groups is 1. The molecule has 1 aliphatic rings. The molecule has 0 aliphatic carbocycles. The quantitative estimate of drug-likeness (QED) is 0.743. The van der Waals surface area contributed by atoms with Crippen molar-refractivity contribution in [3.63, 3.8) is 0 Å². The van der Waals surface area contributed by atoms with Gasteiger partial charge in [0.15, 0.2) is 0 Å². The van der Waals surface area contributed by atoms with Crippen molar-refractivity contribution in [2.45, 2.75) is 57.6 Å². The maximum atomic E-state index is 11.8. The van der Waals surface area contributed by atoms with E-state index in [0.29, 0.717) is 13.2 Å². The van der Waals surface area contributed by atoms with Gasteiger partial charge in [-0.05, 0) is 32.1 Å². The highest BCUT2D eigenvalue weighted by atomic mass is 16.5. The van der Waals surface area contributed by atoms with E-state index in [1.54, 1.807) is 0 Å². The van der Waals surface area contributed by atoms with E-state index in [2.05, 4.69) is 5.32 Å². The van der Waals surface area contributed by atoms with E-state index in [1.165, 1.54) is 0 Å². The second kappa shape index (κ2) is 6.21. The fourth-order valence-electron chi connectivity index (χ4n) is 1.82. The molecule has 3 N–H and O–H groups in total. The van der Waals surface area contributed by atoms with Crippen LogP contribution in [-0.2, 0) is 9.53 Å². The van der Waals surface area contributed by atoms with Crippen LogP contribution in [0.15, 0.2) is 0 Å². The van der Waals surface area contributed by atoms with E-state index in [9.17, 15) is 4.79 Å². The van der Waals surface area contributed by atoms with Gasteiger partial charge in [0.1, 0.15) is 6.10 Å². The number of carbonyl (C=O) groups excluding carboxylic acids is 1. The van der Waals surface area contributed by atoms with Crippen LogP contribution in [0.3, 0.4) is 0 Å². The van der Waals surface area contributed by atoms with Crippen LogP contribution in [0.25, 0.3) is 0 Å². The number of hydrogen-bond donors (Lipinski definition) is 2. The van der Waals surface area contributed by atoms with Crippen LogP contribution in [0.1, 0.15) is 46.0 Å². The van der Waals surface area contributed by atoms with E-state index in [0.717, 1.165) is 32.1 Å². The fraction of sp³-hybridized carbons (Fsp3) is 0.917. The first-order valence-electron chi connectivity index (χ1n) is 6.29. The average molecular weight is 228 g/mol. The molecule has 94 valence electrons. The van der Waals surface area contributed by atoms with Gasteiger partial charge in [0.05, 0.1) is 0 Å². The van der Waals surface area contributed by atoms with Crippen molar-refractivity contribution in [3.8, 4) is 0 Å². The van der Waals surface area contributed by atoms with Gasteiger partial charge in [-0.1, -0.05) is 13.8 Å². The molecule has 1 heterocycles. The van der Waals surface area contributed by atoms with Crippen LogP contribution in [0.5, 0.6) is 0 Å². The highest BCUT2D eigenvalue weighted by Crippen LogP contribution is 2.14. The number of amides is 1. The molecule has 1 atom stereocenters. The Kier molecular flexibility index (Phi) is 5.22. The minimum Gasteiger partial charge on any atom is -0.368 e. The zero-order valence-electron chi connectivity index (χ0n) is 10.4. The van der Waals surface area contributed by atoms with Crippen LogP contribution >= 0.6 is 0 Å². The molecule has 4 heteroatoms. The average Bonchev–Trinajstić information content (AvgIpc) is 2.36. The van der Waals surface area contributed by atoms with Crippen LogP contribution in [0, 0.1) is 0 Å². The summed E-state index contributed by atoms with van der Waals surface area (Å²) in [7, 11) is 0. The van der Waals surface area contributed by atoms with Gasteiger partial charge in [-0.2, -0.15) is 0 Å². The molecule has 1 unspecified atom stereocenters. The second-order valence-corrected chi connectivity index (χ2v) is 4.64. The molecule has 0 saturated carbocycles. The molecule has 1 rings (SSSR count). The summed E-state index contributed by atoms with van der Waals surface area (Å²) in [5.74, 6) is -0.00331. The van der Waals surface area contributed by atoms with Crippen LogP contribution in [0.2, 0.25) is 0 Å². The monoisotopic (exact) mass is 228 g/mol. The first kappa shape index (κ1) is 13.5. The van der Waals surface area contributed by atoms with Crippen molar-refractivity contribution in [2.75, 3.05) is 13.2 Å². The summed E-state index contributed by atoms with van der Waals surface area (Å²) in [6.45, 7) is 5.34. The summed E-state index contributed by atoms with van der Waals surface area (Å²) in [5.41, 5.74) is 5.85. The molecule has 1 aliphatic heterocycles. The highest BCUT2D eigenvalue weighted by molar-refractivity contribution is 5.80. The summed E-state index contributed by atoms with van der Waals surface area (Å²) in [6, 6.07) is 0. The topological polar surface area (TPSA) is 64.3 Å². The Labute approximate surface area is 97.9 Å². The molecule has 0 spiro atoms. The van der Waals surface area contributed by atoms with Crippen molar-refractivity contribution >= 4 is 5.91 Å². The Hall–Kier alpha value is -0.610. The smallest absolute Gasteiger partial charge is 0.249 e. The number of hydrogen-bond acceptors (Lipinski definition) is 3. The van der Waals surface area contributed by atoms with Crippen LogP contribution in [0.4, 0.5) is 0 Å². The van der Waals surface area contributed by atoms with Gasteiger partial charge in [-0.15, -0.1) is 0 Å². The molecular weight excluding hydrogens is 204 g/mol. The minimum absolute atomic E-state index is 0.00331. The van der Waals surface area contributed by atoms with E-state index < -0.39 is 0 Å². The third-order valence-electron chi connectivity index (χ3n) is 3.50. The zero-order chi connectivity index (χ0) is 12.0. The Balaban J connectivity index is 2.33. The van der Waals surface area contributed by atoms with Crippen molar-refractivity contribution in [2.24, 2.45) is 5.73 Å². The number of nitrogens with one attached hydrogen (secondary N) is 1. The van der Waals surface area contributed by atoms with Crippen LogP contribution in [-0.4, -0.2) is 30.7 Å². The van der Waals surface area contributed by atoms with E-state index in [1.807, 2.05) is 13.8 Å². The summed E-state index contributed by atoms with van der Waals surface area (Å²) < 4.78 is 5.42. The van der Waals surface area contributed by atoms with Gasteiger partial charge in [0, 0.05) is 18.7 Å². The maximum Gasteiger partial charge on any atom is 0.249 e. The summed E-state index contributed by atoms with van der Waals surface area (Å²) in [6.07, 6.45) is 4.46. The molecule has 0 bridgehead atoms. The van der Waals surface area contributed by atoms with E-state index in [4.69, 9.17) is 10.5 Å². The van der Waals surface area contributed by atoms with Crippen molar-refractivity contribution in [3.05, 3.63) is 0 Å². The molecule has 4 nitrogen and oxygen atoms in total. The zero-order valence-corrected chi connectivity index (χ0v) is 10.4. The predicted octanol–water partition coefficient (Wildman–Crippen LogP) is 1.19. The molecule has 1 saturated heterocycles. The van der Waals surface area contributed by atoms with Gasteiger partial charge in [-0.25, -0.2) is 0 Å². The maximum absolute atomic E-state index is 11.8. The summed E-state index contributed by atoms with van der Waals surface area (Å²) >= 11 is 0. The largest absolute Gasteiger partial charge is 0.368 e. The summed E-state index contributed by atoms with van der Waals surface area (Å²) in [5, 5.41) is 2.91. The van der Waals surface area contributed by atoms with Gasteiger partial charge >= 0.3 is 0 Å². The molecule has 0 aromatic heterocycles. The molecule has 1 amide bonds. The summed E-state index contributed by atoms with van der Waals surface area (Å²) in [4.78, 5) is 11.8. The van der Waals surface area contributed by atoms with Gasteiger partial charge in [-0.3, -0.25) is 4.79 Å². The van der Waals surface area contributed by atoms with Gasteiger partial charge in [0.2, 0.25) is 5.91 Å². The molecule has 0 aromatic carbocycles. The van der Waals surface area contributed by atoms with E-state index in [-0.39, 0.29) is 17.6 Å². The van der Waals surface area contributed by atoms with Crippen LogP contribution < -0.4 is 11.1 Å². The Bertz CT molecular complexity index is 221. The van der Waals surface area contributed by atoms with Gasteiger partial charge < -0.3 is 15.8 Å². The predicted molar refractivity (Wildman–Crippen MR) is 64.1 cm³/mol. The lowest BCUT2D eigenvalue weighted by atomic mass is 9.94. The lowest BCUT2D eigenvalue weighted by Crippen LogP contribution is -2.51. The third-order valence-corrected chi connectivity index (χ3v) is 3.50. The number of ether oxygens (including phenoxy) is 1. The van der Waals surface area contributed by atoms with E-state index >= 15 is 0 Å². The molecule has 16 heavy (non-hydrogen) atoms. The lowest BCUT2D eigenvalue weighted by molar-refractivity contribution is -0.135. The van der Waals surface area contributed by atoms with Crippen molar-refractivity contribution in [1.29, 1.82) is 0 Å². The molecule has 0 aromatic rings.